The van der Waals surface area contributed by atoms with Crippen LogP contribution in [0, 0.1) is 5.92 Å². The van der Waals surface area contributed by atoms with E-state index < -0.39 is 0 Å². The van der Waals surface area contributed by atoms with E-state index in [-0.39, 0.29) is 6.03 Å². The summed E-state index contributed by atoms with van der Waals surface area (Å²) in [5.74, 6) is 0.661. The van der Waals surface area contributed by atoms with Crippen molar-refractivity contribution in [3.8, 4) is 0 Å². The smallest absolute Gasteiger partial charge is 0.319 e. The van der Waals surface area contributed by atoms with Crippen molar-refractivity contribution >= 4 is 6.03 Å². The van der Waals surface area contributed by atoms with Crippen LogP contribution in [0.4, 0.5) is 4.79 Å². The third kappa shape index (κ3) is 3.12. The number of rotatable bonds is 1. The Morgan fingerprint density at radius 1 is 1.29 bits per heavy atom. The third-order valence-corrected chi connectivity index (χ3v) is 4.09. The third-order valence-electron chi connectivity index (χ3n) is 4.09. The monoisotopic (exact) mass is 239 g/mol. The van der Waals surface area contributed by atoms with Gasteiger partial charge in [0.05, 0.1) is 0 Å². The summed E-state index contributed by atoms with van der Waals surface area (Å²) < 4.78 is 0. The molecule has 2 fully saturated rings. The van der Waals surface area contributed by atoms with Crippen LogP contribution in [0.15, 0.2) is 0 Å². The molecular formula is C13H25N3O. The Kier molecular flexibility index (Phi) is 4.26. The Balaban J connectivity index is 1.89. The summed E-state index contributed by atoms with van der Waals surface area (Å²) in [5.41, 5.74) is 0. The van der Waals surface area contributed by atoms with Gasteiger partial charge in [-0.05, 0) is 44.7 Å². The molecule has 4 nitrogen and oxygen atoms in total. The average molecular weight is 239 g/mol. The highest BCUT2D eigenvalue weighted by Crippen LogP contribution is 2.19. The van der Waals surface area contributed by atoms with E-state index in [0.717, 1.165) is 45.4 Å². The standard InChI is InChI=1S/C13H25N3O/c1-11-4-3-9-16(10-11)13(17)15(2)12-5-7-14-8-6-12/h11-12,14H,3-10H2,1-2H3. The van der Waals surface area contributed by atoms with Crippen LogP contribution in [0.25, 0.3) is 0 Å². The summed E-state index contributed by atoms with van der Waals surface area (Å²) >= 11 is 0. The summed E-state index contributed by atoms with van der Waals surface area (Å²) in [6.45, 7) is 6.20. The molecule has 2 saturated heterocycles. The highest BCUT2D eigenvalue weighted by molar-refractivity contribution is 5.74. The summed E-state index contributed by atoms with van der Waals surface area (Å²) in [6.07, 6.45) is 4.60. The minimum Gasteiger partial charge on any atom is -0.325 e. The average Bonchev–Trinajstić information content (AvgIpc) is 2.38. The van der Waals surface area contributed by atoms with Crippen LogP contribution in [0.5, 0.6) is 0 Å². The fraction of sp³-hybridized carbons (Fsp3) is 0.923. The van der Waals surface area contributed by atoms with Crippen molar-refractivity contribution in [2.24, 2.45) is 5.92 Å². The zero-order valence-corrected chi connectivity index (χ0v) is 11.1. The van der Waals surface area contributed by atoms with E-state index in [0.29, 0.717) is 12.0 Å². The molecule has 1 unspecified atom stereocenters. The quantitative estimate of drug-likeness (QED) is 0.753. The molecule has 2 aliphatic rings. The number of hydrogen-bond acceptors (Lipinski definition) is 2. The van der Waals surface area contributed by atoms with Gasteiger partial charge in [-0.1, -0.05) is 6.92 Å². The summed E-state index contributed by atoms with van der Waals surface area (Å²) in [5, 5.41) is 3.34. The number of nitrogens with one attached hydrogen (secondary N) is 1. The summed E-state index contributed by atoms with van der Waals surface area (Å²) in [7, 11) is 1.97. The second-order valence-electron chi connectivity index (χ2n) is 5.57. The topological polar surface area (TPSA) is 35.6 Å². The summed E-state index contributed by atoms with van der Waals surface area (Å²) in [6, 6.07) is 0.671. The molecule has 98 valence electrons. The van der Waals surface area contributed by atoms with Gasteiger partial charge in [0, 0.05) is 26.2 Å². The van der Waals surface area contributed by atoms with Crippen molar-refractivity contribution in [2.45, 2.75) is 38.6 Å². The normalized spacial score (nSPS) is 26.9. The molecule has 2 aliphatic heterocycles. The van der Waals surface area contributed by atoms with E-state index >= 15 is 0 Å². The number of urea groups is 1. The van der Waals surface area contributed by atoms with Crippen molar-refractivity contribution < 1.29 is 4.79 Å². The van der Waals surface area contributed by atoms with E-state index in [4.69, 9.17) is 0 Å². The van der Waals surface area contributed by atoms with Crippen molar-refractivity contribution in [3.63, 3.8) is 0 Å². The van der Waals surface area contributed by atoms with Gasteiger partial charge >= 0.3 is 6.03 Å². The lowest BCUT2D eigenvalue weighted by Gasteiger charge is -2.38. The van der Waals surface area contributed by atoms with Gasteiger partial charge in [-0.2, -0.15) is 0 Å². The van der Waals surface area contributed by atoms with Crippen LogP contribution in [-0.4, -0.2) is 55.1 Å². The molecule has 2 rings (SSSR count). The van der Waals surface area contributed by atoms with Gasteiger partial charge in [0.2, 0.25) is 0 Å². The van der Waals surface area contributed by atoms with Crippen molar-refractivity contribution in [3.05, 3.63) is 0 Å². The van der Waals surface area contributed by atoms with Crippen LogP contribution in [0.3, 0.4) is 0 Å². The fourth-order valence-corrected chi connectivity index (χ4v) is 2.94. The molecule has 1 N–H and O–H groups in total. The van der Waals surface area contributed by atoms with Gasteiger partial charge in [0.15, 0.2) is 0 Å². The first-order valence-corrected chi connectivity index (χ1v) is 6.91. The number of piperidine rings is 2. The highest BCUT2D eigenvalue weighted by atomic mass is 16.2. The molecular weight excluding hydrogens is 214 g/mol. The van der Waals surface area contributed by atoms with Gasteiger partial charge in [-0.3, -0.25) is 0 Å². The van der Waals surface area contributed by atoms with E-state index in [1.807, 2.05) is 16.8 Å². The molecule has 4 heteroatoms. The maximum absolute atomic E-state index is 12.4. The Morgan fingerprint density at radius 2 is 2.00 bits per heavy atom. The molecule has 2 amide bonds. The highest BCUT2D eigenvalue weighted by Gasteiger charge is 2.28. The van der Waals surface area contributed by atoms with Crippen LogP contribution >= 0.6 is 0 Å². The molecule has 1 atom stereocenters. The molecule has 0 aromatic carbocycles. The van der Waals surface area contributed by atoms with Crippen LogP contribution in [-0.2, 0) is 0 Å². The second-order valence-corrected chi connectivity index (χ2v) is 5.57. The Bertz CT molecular complexity index is 263. The predicted octanol–water partition coefficient (Wildman–Crippen LogP) is 1.52. The van der Waals surface area contributed by atoms with Crippen molar-refractivity contribution in [1.29, 1.82) is 0 Å². The Hall–Kier alpha value is -0.770. The zero-order chi connectivity index (χ0) is 12.3. The predicted molar refractivity (Wildman–Crippen MR) is 69.0 cm³/mol. The number of hydrogen-bond donors (Lipinski definition) is 1. The Labute approximate surface area is 104 Å². The lowest BCUT2D eigenvalue weighted by molar-refractivity contribution is 0.118. The van der Waals surface area contributed by atoms with Crippen molar-refractivity contribution in [1.82, 2.24) is 15.1 Å². The molecule has 0 aliphatic carbocycles. The molecule has 0 saturated carbocycles. The molecule has 17 heavy (non-hydrogen) atoms. The molecule has 0 radical (unpaired) electrons. The van der Waals surface area contributed by atoms with Gasteiger partial charge < -0.3 is 15.1 Å². The molecule has 0 aromatic rings. The van der Waals surface area contributed by atoms with E-state index in [1.165, 1.54) is 6.42 Å². The lowest BCUT2D eigenvalue weighted by Crippen LogP contribution is -2.51. The van der Waals surface area contributed by atoms with Crippen LogP contribution in [0.2, 0.25) is 0 Å². The van der Waals surface area contributed by atoms with Gasteiger partial charge in [-0.15, -0.1) is 0 Å². The maximum atomic E-state index is 12.4. The second kappa shape index (κ2) is 5.71. The van der Waals surface area contributed by atoms with Crippen molar-refractivity contribution in [2.75, 3.05) is 33.2 Å². The SMILES string of the molecule is CC1CCCN(C(=O)N(C)C2CCNCC2)C1. The molecule has 2 heterocycles. The molecule has 0 aromatic heterocycles. The van der Waals surface area contributed by atoms with E-state index in [2.05, 4.69) is 12.2 Å². The fourth-order valence-electron chi connectivity index (χ4n) is 2.94. The van der Waals surface area contributed by atoms with Crippen LogP contribution < -0.4 is 5.32 Å². The number of nitrogens with zero attached hydrogens (tertiary/aromatic N) is 2. The largest absolute Gasteiger partial charge is 0.325 e. The minimum absolute atomic E-state index is 0.239. The van der Waals surface area contributed by atoms with Crippen LogP contribution in [0.1, 0.15) is 32.6 Å². The Morgan fingerprint density at radius 3 is 2.65 bits per heavy atom. The number of carbonyl (C=O) groups excluding carboxylic acids is 1. The first-order chi connectivity index (χ1) is 8.18. The first-order valence-electron chi connectivity index (χ1n) is 6.91. The zero-order valence-electron chi connectivity index (χ0n) is 11.1. The lowest BCUT2D eigenvalue weighted by atomic mass is 10.0. The van der Waals surface area contributed by atoms with E-state index in [1.54, 1.807) is 0 Å². The number of carbonyl (C=O) groups is 1. The van der Waals surface area contributed by atoms with Gasteiger partial charge in [-0.25, -0.2) is 4.79 Å². The number of amides is 2. The molecule has 0 spiro atoms. The van der Waals surface area contributed by atoms with Gasteiger partial charge in [0.1, 0.15) is 0 Å². The first kappa shape index (κ1) is 12.7. The summed E-state index contributed by atoms with van der Waals surface area (Å²) in [4.78, 5) is 16.4. The number of likely N-dealkylation sites (tertiary alicyclic amines) is 1. The van der Waals surface area contributed by atoms with Gasteiger partial charge in [0.25, 0.3) is 0 Å². The van der Waals surface area contributed by atoms with E-state index in [9.17, 15) is 4.79 Å². The molecule has 0 bridgehead atoms. The maximum Gasteiger partial charge on any atom is 0.319 e. The minimum atomic E-state index is 0.239.